The van der Waals surface area contributed by atoms with Gasteiger partial charge in [-0.1, -0.05) is 6.58 Å². The number of carbonyl (C=O) groups is 3. The van der Waals surface area contributed by atoms with Crippen molar-refractivity contribution in [1.82, 2.24) is 4.90 Å². The van der Waals surface area contributed by atoms with Crippen LogP contribution in [0.25, 0.3) is 0 Å². The van der Waals surface area contributed by atoms with Gasteiger partial charge in [0.05, 0.1) is 0 Å². The van der Waals surface area contributed by atoms with Crippen molar-refractivity contribution in [3.05, 3.63) is 12.7 Å². The van der Waals surface area contributed by atoms with E-state index in [0.717, 1.165) is 0 Å². The summed E-state index contributed by atoms with van der Waals surface area (Å²) in [6.07, 6.45) is 2.10. The highest BCUT2D eigenvalue weighted by Gasteiger charge is 2.26. The molecule has 4 nitrogen and oxygen atoms in total. The molecule has 78 valence electrons. The minimum atomic E-state index is -0.0255. The minimum absolute atomic E-state index is 0.0185. The Hall–Kier alpha value is -1.45. The fourth-order valence-electron chi connectivity index (χ4n) is 0.976. The number of imide groups is 1. The van der Waals surface area contributed by atoms with E-state index >= 15 is 0 Å². The van der Waals surface area contributed by atoms with Gasteiger partial charge in [-0.3, -0.25) is 19.3 Å². The van der Waals surface area contributed by atoms with Crippen molar-refractivity contribution in [3.63, 3.8) is 0 Å². The van der Waals surface area contributed by atoms with Gasteiger partial charge in [0.2, 0.25) is 11.8 Å². The first-order chi connectivity index (χ1) is 6.52. The Morgan fingerprint density at radius 2 is 1.79 bits per heavy atom. The molecule has 14 heavy (non-hydrogen) atoms. The van der Waals surface area contributed by atoms with E-state index in [1.807, 2.05) is 0 Å². The number of rotatable bonds is 2. The van der Waals surface area contributed by atoms with Gasteiger partial charge < -0.3 is 0 Å². The van der Waals surface area contributed by atoms with Crippen LogP contribution in [0.15, 0.2) is 12.7 Å². The van der Waals surface area contributed by atoms with Crippen molar-refractivity contribution in [2.24, 2.45) is 0 Å². The second-order valence-electron chi connectivity index (χ2n) is 2.85. The molecule has 1 heterocycles. The Morgan fingerprint density at radius 3 is 1.93 bits per heavy atom. The first-order valence-corrected chi connectivity index (χ1v) is 4.49. The normalized spacial score (nSPS) is 14.9. The molecule has 0 bridgehead atoms. The maximum Gasteiger partial charge on any atom is 0.229 e. The fourth-order valence-corrected chi connectivity index (χ4v) is 0.976. The summed E-state index contributed by atoms with van der Waals surface area (Å²) in [5, 5.41) is 0. The van der Waals surface area contributed by atoms with E-state index in [4.69, 9.17) is 0 Å². The van der Waals surface area contributed by atoms with Crippen LogP contribution in [0.1, 0.15) is 26.7 Å². The summed E-state index contributed by atoms with van der Waals surface area (Å²) in [5.74, 6) is -0.0324. The third-order valence-electron chi connectivity index (χ3n) is 1.76. The average Bonchev–Trinajstić information content (AvgIpc) is 2.47. The zero-order chi connectivity index (χ0) is 11.1. The molecule has 0 atom stereocenters. The molecule has 2 amide bonds. The van der Waals surface area contributed by atoms with E-state index < -0.39 is 0 Å². The monoisotopic (exact) mass is 197 g/mol. The molecule has 0 aromatic rings. The van der Waals surface area contributed by atoms with Gasteiger partial charge in [-0.25, -0.2) is 0 Å². The van der Waals surface area contributed by atoms with Gasteiger partial charge >= 0.3 is 0 Å². The number of ketones is 1. The molecule has 0 aromatic heterocycles. The molecule has 0 saturated carbocycles. The summed E-state index contributed by atoms with van der Waals surface area (Å²) >= 11 is 0. The number of carbonyl (C=O) groups excluding carboxylic acids is 3. The standard InChI is InChI=1S/C6H9NO2.C4H6O/c1-2-7-5(8)3-4-6(7)9;1-3-4(2)5/h2-4H2,1H3;3H,1H2,2H3. The van der Waals surface area contributed by atoms with Crippen LogP contribution in [0.3, 0.4) is 0 Å². The lowest BCUT2D eigenvalue weighted by Crippen LogP contribution is -2.28. The van der Waals surface area contributed by atoms with Crippen LogP contribution in [0.5, 0.6) is 0 Å². The van der Waals surface area contributed by atoms with Gasteiger partial charge in [0, 0.05) is 19.4 Å². The van der Waals surface area contributed by atoms with E-state index in [-0.39, 0.29) is 17.6 Å². The van der Waals surface area contributed by atoms with Gasteiger partial charge in [0.1, 0.15) is 0 Å². The summed E-state index contributed by atoms with van der Waals surface area (Å²) in [5.41, 5.74) is 0. The van der Waals surface area contributed by atoms with Crippen molar-refractivity contribution in [3.8, 4) is 0 Å². The molecule has 4 heteroatoms. The van der Waals surface area contributed by atoms with Crippen molar-refractivity contribution in [2.45, 2.75) is 26.7 Å². The van der Waals surface area contributed by atoms with Crippen LogP contribution < -0.4 is 0 Å². The lowest BCUT2D eigenvalue weighted by atomic mass is 10.4. The predicted octanol–water partition coefficient (Wildman–Crippen LogP) is 0.917. The van der Waals surface area contributed by atoms with Crippen molar-refractivity contribution in [1.29, 1.82) is 0 Å². The molecular weight excluding hydrogens is 182 g/mol. The van der Waals surface area contributed by atoms with E-state index in [1.165, 1.54) is 17.9 Å². The Bertz CT molecular complexity index is 242. The first-order valence-electron chi connectivity index (χ1n) is 4.49. The molecule has 1 saturated heterocycles. The van der Waals surface area contributed by atoms with E-state index in [2.05, 4.69) is 6.58 Å². The quantitative estimate of drug-likeness (QED) is 0.488. The molecule has 0 unspecified atom stereocenters. The molecule has 1 aliphatic rings. The van der Waals surface area contributed by atoms with Gasteiger partial charge in [-0.15, -0.1) is 0 Å². The van der Waals surface area contributed by atoms with Crippen molar-refractivity contribution < 1.29 is 14.4 Å². The van der Waals surface area contributed by atoms with Gasteiger partial charge in [-0.2, -0.15) is 0 Å². The molecule has 1 rings (SSSR count). The highest BCUT2D eigenvalue weighted by Crippen LogP contribution is 2.09. The topological polar surface area (TPSA) is 54.5 Å². The van der Waals surface area contributed by atoms with E-state index in [0.29, 0.717) is 19.4 Å². The average molecular weight is 197 g/mol. The Balaban J connectivity index is 0.000000292. The maximum absolute atomic E-state index is 10.7. The number of hydrogen-bond donors (Lipinski definition) is 0. The highest BCUT2D eigenvalue weighted by atomic mass is 16.2. The number of amides is 2. The second kappa shape index (κ2) is 6.07. The van der Waals surface area contributed by atoms with E-state index in [9.17, 15) is 14.4 Å². The summed E-state index contributed by atoms with van der Waals surface area (Å²) in [6, 6.07) is 0. The smallest absolute Gasteiger partial charge is 0.229 e. The molecule has 0 aromatic carbocycles. The third-order valence-corrected chi connectivity index (χ3v) is 1.76. The molecule has 0 N–H and O–H groups in total. The van der Waals surface area contributed by atoms with E-state index in [1.54, 1.807) is 6.92 Å². The second-order valence-corrected chi connectivity index (χ2v) is 2.85. The van der Waals surface area contributed by atoms with Crippen molar-refractivity contribution in [2.75, 3.05) is 6.54 Å². The number of hydrogen-bond acceptors (Lipinski definition) is 3. The van der Waals surface area contributed by atoms with Gasteiger partial charge in [-0.05, 0) is 19.9 Å². The third kappa shape index (κ3) is 3.98. The number of allylic oxidation sites excluding steroid dienone is 1. The zero-order valence-electron chi connectivity index (χ0n) is 8.58. The summed E-state index contributed by atoms with van der Waals surface area (Å²) < 4.78 is 0. The summed E-state index contributed by atoms with van der Waals surface area (Å²) in [7, 11) is 0. The zero-order valence-corrected chi connectivity index (χ0v) is 8.58. The largest absolute Gasteiger partial charge is 0.295 e. The van der Waals surface area contributed by atoms with Gasteiger partial charge in [0.25, 0.3) is 0 Å². The fraction of sp³-hybridized carbons (Fsp3) is 0.500. The van der Waals surface area contributed by atoms with Crippen LogP contribution in [-0.4, -0.2) is 29.0 Å². The molecule has 0 radical (unpaired) electrons. The van der Waals surface area contributed by atoms with Crippen LogP contribution in [0.4, 0.5) is 0 Å². The lowest BCUT2D eigenvalue weighted by Gasteiger charge is -2.08. The first kappa shape index (κ1) is 12.6. The minimum Gasteiger partial charge on any atom is -0.295 e. The predicted molar refractivity (Wildman–Crippen MR) is 52.5 cm³/mol. The Labute approximate surface area is 83.6 Å². The maximum atomic E-state index is 10.7. The van der Waals surface area contributed by atoms with Crippen LogP contribution in [-0.2, 0) is 14.4 Å². The molecule has 0 aliphatic carbocycles. The van der Waals surface area contributed by atoms with Gasteiger partial charge in [0.15, 0.2) is 5.78 Å². The highest BCUT2D eigenvalue weighted by molar-refractivity contribution is 6.01. The van der Waals surface area contributed by atoms with Crippen LogP contribution in [0.2, 0.25) is 0 Å². The summed E-state index contributed by atoms with van der Waals surface area (Å²) in [6.45, 7) is 7.01. The molecule has 0 spiro atoms. The van der Waals surface area contributed by atoms with Crippen LogP contribution in [0, 0.1) is 0 Å². The molecule has 1 fully saturated rings. The summed E-state index contributed by atoms with van der Waals surface area (Å²) in [4.78, 5) is 32.4. The lowest BCUT2D eigenvalue weighted by molar-refractivity contribution is -0.138. The van der Waals surface area contributed by atoms with Crippen LogP contribution >= 0.6 is 0 Å². The number of nitrogens with zero attached hydrogens (tertiary/aromatic N) is 1. The molecule has 1 aliphatic heterocycles. The Kier molecular flexibility index (Phi) is 5.44. The Morgan fingerprint density at radius 1 is 1.43 bits per heavy atom. The SMILES string of the molecule is C=CC(C)=O.CCN1C(=O)CCC1=O. The van der Waals surface area contributed by atoms with Crippen molar-refractivity contribution >= 4 is 17.6 Å². The number of likely N-dealkylation sites (tertiary alicyclic amines) is 1. The molecular formula is C10H15NO3.